The van der Waals surface area contributed by atoms with Crippen molar-refractivity contribution in [1.29, 1.82) is 0 Å². The van der Waals surface area contributed by atoms with Crippen LogP contribution in [0.25, 0.3) is 0 Å². The molecule has 1 aromatic rings. The molecule has 1 unspecified atom stereocenters. The molecule has 75 valence electrons. The Kier molecular flexibility index (Phi) is 3.55. The molecular formula is C12H16NO. The minimum Gasteiger partial charge on any atom is -0.375 e. The average Bonchev–Trinajstić information content (AvgIpc) is 2.72. The van der Waals surface area contributed by atoms with Crippen molar-refractivity contribution in [2.75, 3.05) is 13.2 Å². The summed E-state index contributed by atoms with van der Waals surface area (Å²) in [6.07, 6.45) is 1.09. The van der Waals surface area contributed by atoms with Gasteiger partial charge >= 0.3 is 0 Å². The quantitative estimate of drug-likeness (QED) is 0.783. The number of benzene rings is 1. The Balaban J connectivity index is 1.67. The van der Waals surface area contributed by atoms with Gasteiger partial charge in [0.2, 0.25) is 0 Å². The first-order chi connectivity index (χ1) is 6.95. The third kappa shape index (κ3) is 2.82. The lowest BCUT2D eigenvalue weighted by Gasteiger charge is -2.08. The van der Waals surface area contributed by atoms with Gasteiger partial charge in [-0.1, -0.05) is 30.3 Å². The van der Waals surface area contributed by atoms with Gasteiger partial charge in [-0.15, -0.1) is 0 Å². The molecule has 1 heterocycles. The third-order valence-corrected chi connectivity index (χ3v) is 2.48. The van der Waals surface area contributed by atoms with Crippen LogP contribution >= 0.6 is 0 Å². The first-order valence-corrected chi connectivity index (χ1v) is 5.13. The second-order valence-corrected chi connectivity index (χ2v) is 3.72. The van der Waals surface area contributed by atoms with E-state index in [1.54, 1.807) is 0 Å². The zero-order valence-corrected chi connectivity index (χ0v) is 8.28. The fourth-order valence-corrected chi connectivity index (χ4v) is 1.64. The molecule has 0 saturated carbocycles. The number of nitrogens with one attached hydrogen (secondary N) is 1. The Hall–Kier alpha value is -0.860. The van der Waals surface area contributed by atoms with E-state index in [0.717, 1.165) is 26.1 Å². The fraction of sp³-hybridized carbons (Fsp3) is 0.417. The predicted molar refractivity (Wildman–Crippen MR) is 56.5 cm³/mol. The van der Waals surface area contributed by atoms with E-state index in [4.69, 9.17) is 4.74 Å². The monoisotopic (exact) mass is 190 g/mol. The van der Waals surface area contributed by atoms with Crippen molar-refractivity contribution in [2.24, 2.45) is 5.92 Å². The van der Waals surface area contributed by atoms with Crippen molar-refractivity contribution in [3.8, 4) is 0 Å². The van der Waals surface area contributed by atoms with Crippen LogP contribution in [0.15, 0.2) is 30.3 Å². The second-order valence-electron chi connectivity index (χ2n) is 3.72. The van der Waals surface area contributed by atoms with Gasteiger partial charge in [-0.3, -0.25) is 0 Å². The van der Waals surface area contributed by atoms with Gasteiger partial charge < -0.3 is 10.1 Å². The van der Waals surface area contributed by atoms with Crippen LogP contribution in [-0.2, 0) is 11.3 Å². The second kappa shape index (κ2) is 5.13. The molecule has 1 atom stereocenters. The van der Waals surface area contributed by atoms with Crippen LogP contribution in [0.2, 0.25) is 0 Å². The van der Waals surface area contributed by atoms with Crippen LogP contribution in [0.1, 0.15) is 12.0 Å². The molecule has 0 aromatic heterocycles. The molecule has 0 bridgehead atoms. The highest BCUT2D eigenvalue weighted by Gasteiger charge is 2.14. The van der Waals surface area contributed by atoms with Crippen molar-refractivity contribution in [2.45, 2.75) is 13.0 Å². The summed E-state index contributed by atoms with van der Waals surface area (Å²) in [7, 11) is 0. The molecule has 2 nitrogen and oxygen atoms in total. The Morgan fingerprint density at radius 3 is 2.86 bits per heavy atom. The topological polar surface area (TPSA) is 21.3 Å². The molecule has 1 fully saturated rings. The minimum absolute atomic E-state index is 0.665. The number of hydrogen-bond donors (Lipinski definition) is 1. The standard InChI is InChI=1S/C12H16NO/c1-2-4-11(5-3-1)8-13-9-12-6-7-14-10-12/h1-5,7,12-13H,6,8-10H2. The molecule has 2 heteroatoms. The first-order valence-electron chi connectivity index (χ1n) is 5.13. The van der Waals surface area contributed by atoms with Crippen molar-refractivity contribution >= 4 is 0 Å². The summed E-state index contributed by atoms with van der Waals surface area (Å²) >= 11 is 0. The summed E-state index contributed by atoms with van der Waals surface area (Å²) in [5, 5.41) is 3.44. The molecule has 1 saturated heterocycles. The lowest BCUT2D eigenvalue weighted by atomic mass is 10.1. The maximum absolute atomic E-state index is 5.19. The summed E-state index contributed by atoms with van der Waals surface area (Å²) in [5.41, 5.74) is 1.34. The van der Waals surface area contributed by atoms with Crippen molar-refractivity contribution < 1.29 is 4.74 Å². The lowest BCUT2D eigenvalue weighted by molar-refractivity contribution is 0.231. The first kappa shape index (κ1) is 9.69. The number of ether oxygens (including phenoxy) is 1. The van der Waals surface area contributed by atoms with E-state index >= 15 is 0 Å². The SMILES string of the molecule is [CH]1CC(CNCc2ccccc2)CO1. The van der Waals surface area contributed by atoms with Gasteiger partial charge in [0.25, 0.3) is 0 Å². The number of rotatable bonds is 4. The Bertz CT molecular complexity index is 254. The number of hydrogen-bond acceptors (Lipinski definition) is 2. The molecular weight excluding hydrogens is 174 g/mol. The molecule has 0 spiro atoms. The van der Waals surface area contributed by atoms with Gasteiger partial charge in [-0.25, -0.2) is 0 Å². The van der Waals surface area contributed by atoms with Crippen molar-refractivity contribution in [3.63, 3.8) is 0 Å². The highest BCUT2D eigenvalue weighted by Crippen LogP contribution is 2.14. The van der Waals surface area contributed by atoms with Crippen molar-refractivity contribution in [1.82, 2.24) is 5.32 Å². The van der Waals surface area contributed by atoms with Gasteiger partial charge in [-0.2, -0.15) is 0 Å². The molecule has 1 aromatic carbocycles. The van der Waals surface area contributed by atoms with Crippen LogP contribution < -0.4 is 5.32 Å². The highest BCUT2D eigenvalue weighted by atomic mass is 16.5. The molecule has 1 radical (unpaired) electrons. The van der Waals surface area contributed by atoms with Gasteiger partial charge in [0.1, 0.15) is 0 Å². The highest BCUT2D eigenvalue weighted by molar-refractivity contribution is 5.14. The Labute approximate surface area is 85.3 Å². The van der Waals surface area contributed by atoms with Gasteiger partial charge in [0, 0.05) is 13.1 Å². The molecule has 0 amide bonds. The van der Waals surface area contributed by atoms with E-state index in [1.807, 2.05) is 12.7 Å². The van der Waals surface area contributed by atoms with Crippen LogP contribution in [0.5, 0.6) is 0 Å². The van der Waals surface area contributed by atoms with E-state index in [9.17, 15) is 0 Å². The fourth-order valence-electron chi connectivity index (χ4n) is 1.64. The van der Waals surface area contributed by atoms with Gasteiger partial charge in [0.05, 0.1) is 13.2 Å². The van der Waals surface area contributed by atoms with Crippen LogP contribution in [0.4, 0.5) is 0 Å². The van der Waals surface area contributed by atoms with E-state index in [-0.39, 0.29) is 0 Å². The molecule has 1 N–H and O–H groups in total. The lowest BCUT2D eigenvalue weighted by Crippen LogP contribution is -2.22. The zero-order chi connectivity index (χ0) is 9.64. The predicted octanol–water partition coefficient (Wildman–Crippen LogP) is 1.97. The summed E-state index contributed by atoms with van der Waals surface area (Å²) in [6.45, 7) is 4.79. The van der Waals surface area contributed by atoms with Crippen LogP contribution in [0, 0.1) is 12.5 Å². The molecule has 2 rings (SSSR count). The molecule has 1 aliphatic rings. The molecule has 1 aliphatic heterocycles. The molecule has 0 aliphatic carbocycles. The summed E-state index contributed by atoms with van der Waals surface area (Å²) in [5.74, 6) is 0.665. The Morgan fingerprint density at radius 2 is 2.14 bits per heavy atom. The summed E-state index contributed by atoms with van der Waals surface area (Å²) in [6, 6.07) is 10.5. The van der Waals surface area contributed by atoms with E-state index in [0.29, 0.717) is 5.92 Å². The maximum atomic E-state index is 5.19. The average molecular weight is 190 g/mol. The third-order valence-electron chi connectivity index (χ3n) is 2.48. The largest absolute Gasteiger partial charge is 0.375 e. The van der Waals surface area contributed by atoms with E-state index in [1.165, 1.54) is 5.56 Å². The van der Waals surface area contributed by atoms with Gasteiger partial charge in [-0.05, 0) is 17.9 Å². The van der Waals surface area contributed by atoms with Crippen molar-refractivity contribution in [3.05, 3.63) is 42.5 Å². The maximum Gasteiger partial charge on any atom is 0.0840 e. The molecule has 14 heavy (non-hydrogen) atoms. The summed E-state index contributed by atoms with van der Waals surface area (Å²) in [4.78, 5) is 0. The zero-order valence-electron chi connectivity index (χ0n) is 8.28. The van der Waals surface area contributed by atoms with E-state index in [2.05, 4.69) is 29.6 Å². The van der Waals surface area contributed by atoms with Gasteiger partial charge in [0.15, 0.2) is 0 Å². The van der Waals surface area contributed by atoms with Crippen LogP contribution in [-0.4, -0.2) is 13.2 Å². The van der Waals surface area contributed by atoms with Crippen LogP contribution in [0.3, 0.4) is 0 Å². The minimum atomic E-state index is 0.665. The Morgan fingerprint density at radius 1 is 1.29 bits per heavy atom. The normalized spacial score (nSPS) is 21.3. The summed E-state index contributed by atoms with van der Waals surface area (Å²) < 4.78 is 5.19. The smallest absolute Gasteiger partial charge is 0.0840 e. The van der Waals surface area contributed by atoms with E-state index < -0.39 is 0 Å².